The first kappa shape index (κ1) is 24.8. The highest BCUT2D eigenvalue weighted by atomic mass is 16.5. The highest BCUT2D eigenvalue weighted by Gasteiger charge is 1.97. The van der Waals surface area contributed by atoms with Gasteiger partial charge in [0, 0.05) is 6.54 Å². The summed E-state index contributed by atoms with van der Waals surface area (Å²) in [5, 5.41) is 3.45. The third kappa shape index (κ3) is 19.1. The maximum Gasteiger partial charge on any atom is 0.182 e. The Labute approximate surface area is 164 Å². The van der Waals surface area contributed by atoms with Crippen molar-refractivity contribution in [3.63, 3.8) is 0 Å². The maximum absolute atomic E-state index is 5.98. The molecule has 0 rings (SSSR count). The molecule has 152 valence electrons. The Kier molecular flexibility index (Phi) is 20.9. The highest BCUT2D eigenvalue weighted by Crippen LogP contribution is 2.06. The van der Waals surface area contributed by atoms with Gasteiger partial charge in [-0.15, -0.1) is 0 Å². The van der Waals surface area contributed by atoms with Crippen LogP contribution in [0.25, 0.3) is 0 Å². The second-order valence-electron chi connectivity index (χ2n) is 7.02. The number of unbranched alkanes of at least 4 members (excludes halogenated alkanes) is 9. The van der Waals surface area contributed by atoms with Crippen LogP contribution in [0.15, 0.2) is 36.3 Å². The summed E-state index contributed by atoms with van der Waals surface area (Å²) < 4.78 is 5.98. The summed E-state index contributed by atoms with van der Waals surface area (Å²) in [5.41, 5.74) is 0. The van der Waals surface area contributed by atoms with E-state index in [0.29, 0.717) is 0 Å². The lowest BCUT2D eigenvalue weighted by Crippen LogP contribution is -2.16. The Morgan fingerprint density at radius 3 is 2.08 bits per heavy atom. The van der Waals surface area contributed by atoms with E-state index < -0.39 is 0 Å². The predicted octanol–water partition coefficient (Wildman–Crippen LogP) is 7.68. The Morgan fingerprint density at radius 2 is 1.31 bits per heavy atom. The van der Waals surface area contributed by atoms with E-state index in [4.69, 9.17) is 4.74 Å². The number of nitrogens with one attached hydrogen (secondary N) is 1. The van der Waals surface area contributed by atoms with Gasteiger partial charge in [0.05, 0.1) is 6.61 Å². The summed E-state index contributed by atoms with van der Waals surface area (Å²) in [5.74, 6) is 0.970. The lowest BCUT2D eigenvalue weighted by molar-refractivity contribution is 0.188. The molecule has 0 saturated carbocycles. The minimum atomic E-state index is 0.796. The molecular weight excluding hydrogens is 318 g/mol. The van der Waals surface area contributed by atoms with Gasteiger partial charge in [0.25, 0.3) is 0 Å². The second-order valence-corrected chi connectivity index (χ2v) is 7.02. The van der Waals surface area contributed by atoms with Crippen molar-refractivity contribution in [3.8, 4) is 0 Å². The molecule has 0 heterocycles. The zero-order valence-corrected chi connectivity index (χ0v) is 17.9. The molecule has 0 unspecified atom stereocenters. The lowest BCUT2D eigenvalue weighted by atomic mass is 10.1. The zero-order chi connectivity index (χ0) is 19.1. The summed E-state index contributed by atoms with van der Waals surface area (Å²) in [4.78, 5) is 0. The molecule has 0 radical (unpaired) electrons. The van der Waals surface area contributed by atoms with Gasteiger partial charge < -0.3 is 10.1 Å². The highest BCUT2D eigenvalue weighted by molar-refractivity contribution is 4.95. The van der Waals surface area contributed by atoms with E-state index >= 15 is 0 Å². The lowest BCUT2D eigenvalue weighted by Gasteiger charge is -2.11. The molecule has 0 saturated heterocycles. The predicted molar refractivity (Wildman–Crippen MR) is 117 cm³/mol. The van der Waals surface area contributed by atoms with Crippen molar-refractivity contribution >= 4 is 0 Å². The molecule has 2 heteroatoms. The van der Waals surface area contributed by atoms with Crippen LogP contribution in [0.4, 0.5) is 0 Å². The topological polar surface area (TPSA) is 21.3 Å². The molecule has 0 aromatic rings. The van der Waals surface area contributed by atoms with Gasteiger partial charge in [-0.25, -0.2) is 0 Å². The van der Waals surface area contributed by atoms with Gasteiger partial charge in [0.1, 0.15) is 0 Å². The zero-order valence-electron chi connectivity index (χ0n) is 17.9. The first-order valence-corrected chi connectivity index (χ1v) is 11.2. The first-order chi connectivity index (χ1) is 12.8. The Bertz CT molecular complexity index is 357. The van der Waals surface area contributed by atoms with Crippen LogP contribution in [0, 0.1) is 0 Å². The fourth-order valence-electron chi connectivity index (χ4n) is 2.64. The molecule has 0 atom stereocenters. The van der Waals surface area contributed by atoms with Crippen molar-refractivity contribution in [2.24, 2.45) is 0 Å². The van der Waals surface area contributed by atoms with Crippen molar-refractivity contribution in [1.29, 1.82) is 0 Å². The van der Waals surface area contributed by atoms with Gasteiger partial charge in [0.2, 0.25) is 0 Å². The van der Waals surface area contributed by atoms with Crippen LogP contribution in [0.5, 0.6) is 0 Å². The molecule has 0 aliphatic carbocycles. The molecule has 0 amide bonds. The van der Waals surface area contributed by atoms with Gasteiger partial charge in [0.15, 0.2) is 5.88 Å². The number of ether oxygens (including phenoxy) is 1. The monoisotopic (exact) mass is 363 g/mol. The SMILES string of the molecule is CCCC=CCCCOC(=CCCCCCC)NCC=CCCCCC. The Balaban J connectivity index is 4.05. The average Bonchev–Trinajstić information content (AvgIpc) is 2.65. The van der Waals surface area contributed by atoms with E-state index in [9.17, 15) is 0 Å². The molecule has 0 aromatic heterocycles. The third-order valence-electron chi connectivity index (χ3n) is 4.32. The Morgan fingerprint density at radius 1 is 0.654 bits per heavy atom. The fraction of sp³-hybridized carbons (Fsp3) is 0.750. The standard InChI is InChI=1S/C24H45NO/c1-4-7-10-13-16-19-22-25-24(21-18-15-12-9-6-3)26-23-20-17-14-11-8-5-2/h11,14,16,19,21,25H,4-10,12-13,15,17-18,20,22-23H2,1-3H3. The summed E-state index contributed by atoms with van der Waals surface area (Å²) >= 11 is 0. The van der Waals surface area contributed by atoms with E-state index in [-0.39, 0.29) is 0 Å². The molecule has 26 heavy (non-hydrogen) atoms. The van der Waals surface area contributed by atoms with Crippen molar-refractivity contribution in [3.05, 3.63) is 36.3 Å². The molecule has 0 aromatic carbocycles. The number of rotatable bonds is 19. The van der Waals surface area contributed by atoms with Crippen LogP contribution in [-0.4, -0.2) is 13.2 Å². The number of hydrogen-bond acceptors (Lipinski definition) is 2. The summed E-state index contributed by atoms with van der Waals surface area (Å²) in [6.07, 6.45) is 27.4. The van der Waals surface area contributed by atoms with Crippen LogP contribution < -0.4 is 5.32 Å². The smallest absolute Gasteiger partial charge is 0.182 e. The van der Waals surface area contributed by atoms with Crippen LogP contribution >= 0.6 is 0 Å². The van der Waals surface area contributed by atoms with Gasteiger partial charge in [-0.1, -0.05) is 83.6 Å². The molecule has 0 aliphatic heterocycles. The van der Waals surface area contributed by atoms with Gasteiger partial charge in [-0.05, 0) is 51.0 Å². The van der Waals surface area contributed by atoms with Crippen LogP contribution in [0.2, 0.25) is 0 Å². The summed E-state index contributed by atoms with van der Waals surface area (Å²) in [7, 11) is 0. The van der Waals surface area contributed by atoms with E-state index in [1.54, 1.807) is 0 Å². The molecule has 0 fully saturated rings. The summed E-state index contributed by atoms with van der Waals surface area (Å²) in [6, 6.07) is 0. The van der Waals surface area contributed by atoms with Crippen molar-refractivity contribution in [2.75, 3.05) is 13.2 Å². The van der Waals surface area contributed by atoms with Crippen LogP contribution in [0.1, 0.15) is 104 Å². The fourth-order valence-corrected chi connectivity index (χ4v) is 2.64. The summed E-state index contributed by atoms with van der Waals surface area (Å²) in [6.45, 7) is 8.39. The number of allylic oxidation sites excluding steroid dienone is 4. The molecule has 2 nitrogen and oxygen atoms in total. The first-order valence-electron chi connectivity index (χ1n) is 11.2. The van der Waals surface area contributed by atoms with Gasteiger partial charge >= 0.3 is 0 Å². The van der Waals surface area contributed by atoms with E-state index in [0.717, 1.165) is 38.3 Å². The Hall–Kier alpha value is -1.18. The van der Waals surface area contributed by atoms with Gasteiger partial charge in [-0.2, -0.15) is 0 Å². The second kappa shape index (κ2) is 21.9. The van der Waals surface area contributed by atoms with Crippen LogP contribution in [0.3, 0.4) is 0 Å². The molecule has 0 spiro atoms. The van der Waals surface area contributed by atoms with E-state index in [1.165, 1.54) is 64.2 Å². The largest absolute Gasteiger partial charge is 0.479 e. The minimum Gasteiger partial charge on any atom is -0.479 e. The third-order valence-corrected chi connectivity index (χ3v) is 4.32. The van der Waals surface area contributed by atoms with Crippen LogP contribution in [-0.2, 0) is 4.74 Å². The maximum atomic E-state index is 5.98. The van der Waals surface area contributed by atoms with Gasteiger partial charge in [-0.3, -0.25) is 0 Å². The molecule has 0 aliphatic rings. The quantitative estimate of drug-likeness (QED) is 0.144. The molecule has 0 bridgehead atoms. The normalized spacial score (nSPS) is 12.3. The average molecular weight is 364 g/mol. The number of hydrogen-bond donors (Lipinski definition) is 1. The van der Waals surface area contributed by atoms with Crippen molar-refractivity contribution in [2.45, 2.75) is 104 Å². The minimum absolute atomic E-state index is 0.796. The van der Waals surface area contributed by atoms with E-state index in [2.05, 4.69) is 56.5 Å². The molecule has 1 N–H and O–H groups in total. The van der Waals surface area contributed by atoms with Crippen molar-refractivity contribution < 1.29 is 4.74 Å². The van der Waals surface area contributed by atoms with Crippen molar-refractivity contribution in [1.82, 2.24) is 5.32 Å². The molecular formula is C24H45NO. The van der Waals surface area contributed by atoms with E-state index in [1.807, 2.05) is 0 Å².